The van der Waals surface area contributed by atoms with Gasteiger partial charge in [0.2, 0.25) is 12.3 Å². The van der Waals surface area contributed by atoms with Crippen molar-refractivity contribution in [3.8, 4) is 0 Å². The van der Waals surface area contributed by atoms with E-state index in [2.05, 4.69) is 5.32 Å². The summed E-state index contributed by atoms with van der Waals surface area (Å²) in [5.41, 5.74) is -1.02. The Kier molecular flexibility index (Phi) is 3.65. The van der Waals surface area contributed by atoms with Crippen LogP contribution in [0.3, 0.4) is 0 Å². The molecule has 1 aliphatic rings. The predicted molar refractivity (Wildman–Crippen MR) is 55.1 cm³/mol. The van der Waals surface area contributed by atoms with Crippen LogP contribution in [0.4, 0.5) is 8.78 Å². The van der Waals surface area contributed by atoms with Gasteiger partial charge in [-0.25, -0.2) is 8.78 Å². The van der Waals surface area contributed by atoms with E-state index >= 15 is 0 Å². The molecule has 1 amide bonds. The lowest BCUT2D eigenvalue weighted by Gasteiger charge is -2.18. The third kappa shape index (κ3) is 2.57. The third-order valence-corrected chi connectivity index (χ3v) is 3.07. The van der Waals surface area contributed by atoms with E-state index in [4.69, 9.17) is 0 Å². The second kappa shape index (κ2) is 4.47. The van der Waals surface area contributed by atoms with Gasteiger partial charge in [-0.15, -0.1) is 0 Å². The van der Waals surface area contributed by atoms with Gasteiger partial charge in [-0.3, -0.25) is 9.59 Å². The lowest BCUT2D eigenvalue weighted by Crippen LogP contribution is -2.45. The average Bonchev–Trinajstić information content (AvgIpc) is 2.78. The number of Topliss-reactive ketones (excluding diaryl/α,β-unsaturated/α-hetero) is 1. The molecule has 0 aromatic carbocycles. The lowest BCUT2D eigenvalue weighted by molar-refractivity contribution is -0.130. The number of alkyl halides is 2. The van der Waals surface area contributed by atoms with Crippen molar-refractivity contribution in [3.05, 3.63) is 0 Å². The summed E-state index contributed by atoms with van der Waals surface area (Å²) < 4.78 is 24.4. The summed E-state index contributed by atoms with van der Waals surface area (Å²) in [6.45, 7) is 4.74. The molecule has 0 radical (unpaired) electrons. The molecule has 0 aliphatic heterocycles. The molecule has 0 spiro atoms. The molecule has 0 aromatic heterocycles. The standard InChI is InChI=1S/C11H17F2NO2/c1-6(2)10(16)14-11(7(3)15)5-8(11)4-9(12)13/h6,8-9H,4-5H2,1-3H3,(H,14,16)/t8-,11+/m1/s1. The Balaban J connectivity index is 2.65. The first-order valence-corrected chi connectivity index (χ1v) is 5.41. The fourth-order valence-corrected chi connectivity index (χ4v) is 1.87. The first-order chi connectivity index (χ1) is 7.29. The number of amides is 1. The molecule has 1 N–H and O–H groups in total. The van der Waals surface area contributed by atoms with E-state index in [0.717, 1.165) is 0 Å². The second-order valence-electron chi connectivity index (χ2n) is 4.70. The van der Waals surface area contributed by atoms with Crippen LogP contribution < -0.4 is 5.32 Å². The van der Waals surface area contributed by atoms with Crippen molar-refractivity contribution in [2.75, 3.05) is 0 Å². The summed E-state index contributed by atoms with van der Waals surface area (Å²) in [5.74, 6) is -1.14. The third-order valence-electron chi connectivity index (χ3n) is 3.07. The Morgan fingerprint density at radius 2 is 2.00 bits per heavy atom. The number of rotatable bonds is 5. The van der Waals surface area contributed by atoms with Gasteiger partial charge in [-0.05, 0) is 19.3 Å². The van der Waals surface area contributed by atoms with Crippen LogP contribution in [0.25, 0.3) is 0 Å². The largest absolute Gasteiger partial charge is 0.343 e. The first-order valence-electron chi connectivity index (χ1n) is 5.41. The van der Waals surface area contributed by atoms with E-state index in [1.807, 2.05) is 0 Å². The van der Waals surface area contributed by atoms with Crippen molar-refractivity contribution in [2.24, 2.45) is 11.8 Å². The summed E-state index contributed by atoms with van der Waals surface area (Å²) in [7, 11) is 0. The zero-order chi connectivity index (χ0) is 12.5. The number of hydrogen-bond donors (Lipinski definition) is 1. The van der Waals surface area contributed by atoms with Crippen LogP contribution >= 0.6 is 0 Å². The lowest BCUT2D eigenvalue weighted by atomic mass is 10.1. The smallest absolute Gasteiger partial charge is 0.239 e. The molecule has 0 aromatic rings. The van der Waals surface area contributed by atoms with Crippen molar-refractivity contribution < 1.29 is 18.4 Å². The minimum absolute atomic E-state index is 0.229. The Bertz CT molecular complexity index is 304. The molecule has 16 heavy (non-hydrogen) atoms. The van der Waals surface area contributed by atoms with Crippen LogP contribution in [0.15, 0.2) is 0 Å². The first kappa shape index (κ1) is 13.1. The molecule has 2 atom stereocenters. The maximum atomic E-state index is 12.2. The predicted octanol–water partition coefficient (Wildman–Crippen LogP) is 1.76. The van der Waals surface area contributed by atoms with Gasteiger partial charge < -0.3 is 5.32 Å². The van der Waals surface area contributed by atoms with Gasteiger partial charge in [0.05, 0.1) is 0 Å². The molecule has 1 aliphatic carbocycles. The molecular weight excluding hydrogens is 216 g/mol. The van der Waals surface area contributed by atoms with Gasteiger partial charge >= 0.3 is 0 Å². The van der Waals surface area contributed by atoms with E-state index in [0.29, 0.717) is 6.42 Å². The van der Waals surface area contributed by atoms with Crippen LogP contribution in [-0.4, -0.2) is 23.7 Å². The Hall–Kier alpha value is -1.00. The van der Waals surface area contributed by atoms with Gasteiger partial charge in [0.15, 0.2) is 5.78 Å². The molecule has 0 bridgehead atoms. The minimum atomic E-state index is -2.43. The van der Waals surface area contributed by atoms with Gasteiger partial charge in [-0.1, -0.05) is 13.8 Å². The van der Waals surface area contributed by atoms with Gasteiger partial charge in [-0.2, -0.15) is 0 Å². The molecule has 0 saturated heterocycles. The molecule has 3 nitrogen and oxygen atoms in total. The van der Waals surface area contributed by atoms with Crippen LogP contribution in [0.2, 0.25) is 0 Å². The Morgan fingerprint density at radius 3 is 2.38 bits per heavy atom. The highest BCUT2D eigenvalue weighted by molar-refractivity contribution is 5.95. The fraction of sp³-hybridized carbons (Fsp3) is 0.818. The quantitative estimate of drug-likeness (QED) is 0.786. The summed E-state index contributed by atoms with van der Waals surface area (Å²) in [4.78, 5) is 22.9. The van der Waals surface area contributed by atoms with Crippen molar-refractivity contribution >= 4 is 11.7 Å². The number of nitrogens with one attached hydrogen (secondary N) is 1. The second-order valence-corrected chi connectivity index (χ2v) is 4.70. The van der Waals surface area contributed by atoms with E-state index < -0.39 is 17.9 Å². The molecule has 1 saturated carbocycles. The number of carbonyl (C=O) groups excluding carboxylic acids is 2. The summed E-state index contributed by atoms with van der Waals surface area (Å²) in [6, 6.07) is 0. The maximum Gasteiger partial charge on any atom is 0.239 e. The van der Waals surface area contributed by atoms with Crippen molar-refractivity contribution in [2.45, 2.75) is 45.6 Å². The monoisotopic (exact) mass is 233 g/mol. The van der Waals surface area contributed by atoms with Crippen LogP contribution in [0, 0.1) is 11.8 Å². The van der Waals surface area contributed by atoms with Crippen molar-refractivity contribution in [1.29, 1.82) is 0 Å². The Labute approximate surface area is 93.6 Å². The summed E-state index contributed by atoms with van der Waals surface area (Å²) in [5, 5.41) is 2.60. The van der Waals surface area contributed by atoms with E-state index in [9.17, 15) is 18.4 Å². The molecule has 0 heterocycles. The SMILES string of the molecule is CC(=O)[C@@]1(NC(=O)C(C)C)C[C@H]1CC(F)F. The van der Waals surface area contributed by atoms with Crippen LogP contribution in [0.5, 0.6) is 0 Å². The van der Waals surface area contributed by atoms with Gasteiger partial charge in [0.25, 0.3) is 0 Å². The molecule has 92 valence electrons. The van der Waals surface area contributed by atoms with Crippen LogP contribution in [-0.2, 0) is 9.59 Å². The molecule has 1 fully saturated rings. The Morgan fingerprint density at radius 1 is 1.44 bits per heavy atom. The fourth-order valence-electron chi connectivity index (χ4n) is 1.87. The molecule has 0 unspecified atom stereocenters. The number of hydrogen-bond acceptors (Lipinski definition) is 2. The van der Waals surface area contributed by atoms with Gasteiger partial charge in [0.1, 0.15) is 5.54 Å². The highest BCUT2D eigenvalue weighted by Gasteiger charge is 2.59. The zero-order valence-electron chi connectivity index (χ0n) is 9.72. The highest BCUT2D eigenvalue weighted by atomic mass is 19.3. The number of halogens is 2. The highest BCUT2D eigenvalue weighted by Crippen LogP contribution is 2.47. The topological polar surface area (TPSA) is 46.2 Å². The van der Waals surface area contributed by atoms with Crippen LogP contribution in [0.1, 0.15) is 33.6 Å². The number of ketones is 1. The van der Waals surface area contributed by atoms with E-state index in [-0.39, 0.29) is 24.0 Å². The normalized spacial score (nSPS) is 28.3. The summed E-state index contributed by atoms with van der Waals surface area (Å²) >= 11 is 0. The molecular formula is C11H17F2NO2. The van der Waals surface area contributed by atoms with Crippen molar-refractivity contribution in [1.82, 2.24) is 5.32 Å². The van der Waals surface area contributed by atoms with E-state index in [1.165, 1.54) is 6.92 Å². The molecule has 5 heteroatoms. The average molecular weight is 233 g/mol. The molecule has 1 rings (SSSR count). The van der Waals surface area contributed by atoms with Gasteiger partial charge in [0, 0.05) is 12.3 Å². The van der Waals surface area contributed by atoms with Crippen molar-refractivity contribution in [3.63, 3.8) is 0 Å². The minimum Gasteiger partial charge on any atom is -0.343 e. The zero-order valence-corrected chi connectivity index (χ0v) is 9.72. The summed E-state index contributed by atoms with van der Waals surface area (Å²) in [6.07, 6.45) is -2.41. The maximum absolute atomic E-state index is 12.2. The van der Waals surface area contributed by atoms with E-state index in [1.54, 1.807) is 13.8 Å². The number of carbonyl (C=O) groups is 2.